The van der Waals surface area contributed by atoms with Gasteiger partial charge >= 0.3 is 5.97 Å². The van der Waals surface area contributed by atoms with E-state index in [9.17, 15) is 4.79 Å². The van der Waals surface area contributed by atoms with Gasteiger partial charge in [-0.1, -0.05) is 37.6 Å². The van der Waals surface area contributed by atoms with Crippen molar-refractivity contribution in [1.29, 1.82) is 0 Å². The summed E-state index contributed by atoms with van der Waals surface area (Å²) >= 11 is 5.93. The van der Waals surface area contributed by atoms with Crippen LogP contribution in [0.1, 0.15) is 38.7 Å². The minimum absolute atomic E-state index is 0.237. The Morgan fingerprint density at radius 2 is 2.00 bits per heavy atom. The zero-order chi connectivity index (χ0) is 13.5. The van der Waals surface area contributed by atoms with E-state index in [1.807, 2.05) is 18.2 Å². The molecular weight excluding hydrogens is 248 g/mol. The Morgan fingerprint density at radius 1 is 1.28 bits per heavy atom. The monoisotopic (exact) mass is 268 g/mol. The summed E-state index contributed by atoms with van der Waals surface area (Å²) in [6.45, 7) is 3.95. The number of halogens is 1. The zero-order valence-corrected chi connectivity index (χ0v) is 11.8. The molecule has 1 N–H and O–H groups in total. The Hall–Kier alpha value is -1.02. The largest absolute Gasteiger partial charge is 0.481 e. The first-order valence-corrected chi connectivity index (χ1v) is 6.84. The predicted molar refractivity (Wildman–Crippen MR) is 75.0 cm³/mol. The van der Waals surface area contributed by atoms with E-state index < -0.39 is 5.97 Å². The van der Waals surface area contributed by atoms with Gasteiger partial charge in [0.1, 0.15) is 0 Å². The van der Waals surface area contributed by atoms with Crippen molar-refractivity contribution in [3.8, 4) is 0 Å². The molecule has 2 nitrogen and oxygen atoms in total. The maximum absolute atomic E-state index is 10.7. The van der Waals surface area contributed by atoms with Crippen LogP contribution in [0.4, 0.5) is 0 Å². The summed E-state index contributed by atoms with van der Waals surface area (Å²) in [7, 11) is 0. The number of carbonyl (C=O) groups is 1. The molecule has 0 radical (unpaired) electrons. The van der Waals surface area contributed by atoms with Gasteiger partial charge in [0.25, 0.3) is 0 Å². The Bertz CT molecular complexity index is 390. The molecule has 0 aromatic heterocycles. The standard InChI is InChI=1S/C15H21ClO2/c1-11(6-8-12(2)15(17)18)7-9-13-4-3-5-14(16)10-13/h3-5,10-12H,6-9H2,1-2H3,(H,17,18). The number of aliphatic carboxylic acids is 1. The van der Waals surface area contributed by atoms with Crippen LogP contribution in [0.5, 0.6) is 0 Å². The molecule has 1 aromatic carbocycles. The van der Waals surface area contributed by atoms with Crippen LogP contribution >= 0.6 is 11.6 Å². The molecule has 0 saturated carbocycles. The summed E-state index contributed by atoms with van der Waals surface area (Å²) in [5, 5.41) is 9.60. The summed E-state index contributed by atoms with van der Waals surface area (Å²) in [6, 6.07) is 7.92. The minimum atomic E-state index is -0.697. The molecule has 0 amide bonds. The van der Waals surface area contributed by atoms with Crippen molar-refractivity contribution >= 4 is 17.6 Å². The van der Waals surface area contributed by atoms with Crippen molar-refractivity contribution in [3.05, 3.63) is 34.9 Å². The van der Waals surface area contributed by atoms with Crippen molar-refractivity contribution in [2.75, 3.05) is 0 Å². The summed E-state index contributed by atoms with van der Waals surface area (Å²) < 4.78 is 0. The van der Waals surface area contributed by atoms with E-state index in [4.69, 9.17) is 16.7 Å². The van der Waals surface area contributed by atoms with Crippen molar-refractivity contribution in [1.82, 2.24) is 0 Å². The molecule has 2 unspecified atom stereocenters. The maximum atomic E-state index is 10.7. The fourth-order valence-electron chi connectivity index (χ4n) is 1.91. The van der Waals surface area contributed by atoms with Crippen LogP contribution in [-0.4, -0.2) is 11.1 Å². The predicted octanol–water partition coefficient (Wildman–Crippen LogP) is 4.41. The van der Waals surface area contributed by atoms with Gasteiger partial charge in [-0.25, -0.2) is 0 Å². The first-order chi connectivity index (χ1) is 8.49. The first-order valence-electron chi connectivity index (χ1n) is 6.46. The highest BCUT2D eigenvalue weighted by Crippen LogP contribution is 2.19. The van der Waals surface area contributed by atoms with Gasteiger partial charge in [-0.15, -0.1) is 0 Å². The molecule has 3 heteroatoms. The Kier molecular flexibility index (Phi) is 6.20. The van der Waals surface area contributed by atoms with E-state index in [0.29, 0.717) is 5.92 Å². The van der Waals surface area contributed by atoms with Gasteiger partial charge < -0.3 is 5.11 Å². The molecule has 0 aliphatic carbocycles. The van der Waals surface area contributed by atoms with Crippen LogP contribution < -0.4 is 0 Å². The second-order valence-electron chi connectivity index (χ2n) is 5.09. The van der Waals surface area contributed by atoms with Crippen LogP contribution in [0.25, 0.3) is 0 Å². The van der Waals surface area contributed by atoms with Crippen molar-refractivity contribution in [3.63, 3.8) is 0 Å². The number of benzene rings is 1. The highest BCUT2D eigenvalue weighted by Gasteiger charge is 2.12. The lowest BCUT2D eigenvalue weighted by Crippen LogP contribution is -2.11. The Morgan fingerprint density at radius 3 is 2.61 bits per heavy atom. The number of carboxylic acid groups (broad SMARTS) is 1. The third-order valence-corrected chi connectivity index (χ3v) is 3.56. The molecule has 18 heavy (non-hydrogen) atoms. The first kappa shape index (κ1) is 15.0. The van der Waals surface area contributed by atoms with E-state index >= 15 is 0 Å². The fraction of sp³-hybridized carbons (Fsp3) is 0.533. The van der Waals surface area contributed by atoms with Gasteiger partial charge in [-0.05, 0) is 49.3 Å². The van der Waals surface area contributed by atoms with Crippen LogP contribution in [-0.2, 0) is 11.2 Å². The number of carboxylic acids is 1. The van der Waals surface area contributed by atoms with Crippen molar-refractivity contribution in [2.45, 2.75) is 39.5 Å². The van der Waals surface area contributed by atoms with Crippen LogP contribution in [0.15, 0.2) is 24.3 Å². The van der Waals surface area contributed by atoms with E-state index in [-0.39, 0.29) is 5.92 Å². The lowest BCUT2D eigenvalue weighted by molar-refractivity contribution is -0.141. The topological polar surface area (TPSA) is 37.3 Å². The fourth-order valence-corrected chi connectivity index (χ4v) is 2.12. The molecule has 0 heterocycles. The molecular formula is C15H21ClO2. The van der Waals surface area contributed by atoms with Crippen molar-refractivity contribution in [2.24, 2.45) is 11.8 Å². The number of aryl methyl sites for hydroxylation is 1. The Balaban J connectivity index is 2.29. The maximum Gasteiger partial charge on any atom is 0.306 e. The van der Waals surface area contributed by atoms with Crippen LogP contribution in [0.3, 0.4) is 0 Å². The van der Waals surface area contributed by atoms with E-state index in [2.05, 4.69) is 13.0 Å². The van der Waals surface area contributed by atoms with Gasteiger partial charge in [0, 0.05) is 5.02 Å². The summed E-state index contributed by atoms with van der Waals surface area (Å²) in [5.74, 6) is -0.388. The number of hydrogen-bond acceptors (Lipinski definition) is 1. The molecule has 2 atom stereocenters. The van der Waals surface area contributed by atoms with Gasteiger partial charge in [-0.3, -0.25) is 4.79 Å². The molecule has 100 valence electrons. The average molecular weight is 269 g/mol. The molecule has 0 fully saturated rings. The molecule has 0 bridgehead atoms. The lowest BCUT2D eigenvalue weighted by atomic mass is 9.93. The van der Waals surface area contributed by atoms with Crippen LogP contribution in [0, 0.1) is 11.8 Å². The molecule has 0 aliphatic rings. The number of hydrogen-bond donors (Lipinski definition) is 1. The lowest BCUT2D eigenvalue weighted by Gasteiger charge is -2.13. The highest BCUT2D eigenvalue weighted by atomic mass is 35.5. The van der Waals surface area contributed by atoms with Gasteiger partial charge in [0.05, 0.1) is 5.92 Å². The smallest absolute Gasteiger partial charge is 0.306 e. The van der Waals surface area contributed by atoms with Gasteiger partial charge in [-0.2, -0.15) is 0 Å². The second kappa shape index (κ2) is 7.42. The van der Waals surface area contributed by atoms with E-state index in [1.54, 1.807) is 6.92 Å². The molecule has 1 rings (SSSR count). The third-order valence-electron chi connectivity index (χ3n) is 3.33. The average Bonchev–Trinajstić information content (AvgIpc) is 2.33. The SMILES string of the molecule is CC(CCc1cccc(Cl)c1)CCC(C)C(=O)O. The molecule has 0 saturated heterocycles. The highest BCUT2D eigenvalue weighted by molar-refractivity contribution is 6.30. The molecule has 1 aromatic rings. The van der Waals surface area contributed by atoms with E-state index in [0.717, 1.165) is 30.7 Å². The normalized spacial score (nSPS) is 14.2. The molecule has 0 aliphatic heterocycles. The molecule has 0 spiro atoms. The third kappa shape index (κ3) is 5.54. The van der Waals surface area contributed by atoms with Crippen molar-refractivity contribution < 1.29 is 9.90 Å². The van der Waals surface area contributed by atoms with E-state index in [1.165, 1.54) is 5.56 Å². The summed E-state index contributed by atoms with van der Waals surface area (Å²) in [6.07, 6.45) is 3.80. The zero-order valence-electron chi connectivity index (χ0n) is 11.0. The second-order valence-corrected chi connectivity index (χ2v) is 5.53. The minimum Gasteiger partial charge on any atom is -0.481 e. The quantitative estimate of drug-likeness (QED) is 0.795. The Labute approximate surface area is 114 Å². The summed E-state index contributed by atoms with van der Waals surface area (Å²) in [5.41, 5.74) is 1.25. The van der Waals surface area contributed by atoms with Gasteiger partial charge in [0.15, 0.2) is 0 Å². The summed E-state index contributed by atoms with van der Waals surface area (Å²) in [4.78, 5) is 10.7. The van der Waals surface area contributed by atoms with Gasteiger partial charge in [0.2, 0.25) is 0 Å². The van der Waals surface area contributed by atoms with Crippen LogP contribution in [0.2, 0.25) is 5.02 Å². The number of rotatable bonds is 7.